The number of rotatable bonds is 1. The number of nitrogens with two attached hydrogens (primary N) is 1. The molecule has 1 atom stereocenters. The predicted molar refractivity (Wildman–Crippen MR) is 101 cm³/mol. The second-order valence-corrected chi connectivity index (χ2v) is 6.49. The number of anilines is 1. The first kappa shape index (κ1) is 16.9. The van der Waals surface area contributed by atoms with Crippen LogP contribution < -0.4 is 5.73 Å². The maximum Gasteiger partial charge on any atom is 0.267 e. The van der Waals surface area contributed by atoms with Crippen molar-refractivity contribution in [1.29, 1.82) is 0 Å². The average molecular weight is 359 g/mol. The Morgan fingerprint density at radius 2 is 2.11 bits per heavy atom. The normalized spacial score (nSPS) is 19.2. The van der Waals surface area contributed by atoms with E-state index < -0.39 is 5.60 Å². The number of pyridine rings is 1. The molecule has 7 nitrogen and oxygen atoms in total. The molecule has 0 bridgehead atoms. The Kier molecular flexibility index (Phi) is 3.98. The molecule has 1 saturated heterocycles. The van der Waals surface area contributed by atoms with Crippen molar-refractivity contribution in [3.05, 3.63) is 48.3 Å². The van der Waals surface area contributed by atoms with Crippen LogP contribution in [0.5, 0.6) is 0 Å². The van der Waals surface area contributed by atoms with Crippen LogP contribution in [0.15, 0.2) is 42.7 Å². The summed E-state index contributed by atoms with van der Waals surface area (Å²) < 4.78 is 0. The van der Waals surface area contributed by atoms with Gasteiger partial charge >= 0.3 is 0 Å². The minimum atomic E-state index is -1.61. The molecule has 1 aromatic carbocycles. The van der Waals surface area contributed by atoms with Crippen LogP contribution in [0.25, 0.3) is 22.3 Å². The number of likely N-dealkylation sites (tertiary alicyclic amines) is 1. The summed E-state index contributed by atoms with van der Waals surface area (Å²) in [5.74, 6) is 5.60. The van der Waals surface area contributed by atoms with Gasteiger partial charge in [-0.15, -0.1) is 0 Å². The Morgan fingerprint density at radius 3 is 2.89 bits per heavy atom. The summed E-state index contributed by atoms with van der Waals surface area (Å²) in [7, 11) is 1.66. The zero-order chi connectivity index (χ0) is 19.0. The monoisotopic (exact) mass is 359 g/mol. The van der Waals surface area contributed by atoms with Gasteiger partial charge < -0.3 is 15.7 Å². The zero-order valence-corrected chi connectivity index (χ0v) is 14.7. The van der Waals surface area contributed by atoms with Crippen molar-refractivity contribution in [1.82, 2.24) is 19.9 Å². The molecular weight excluding hydrogens is 342 g/mol. The van der Waals surface area contributed by atoms with Gasteiger partial charge in [-0.05, 0) is 24.3 Å². The average Bonchev–Trinajstić information content (AvgIpc) is 2.95. The molecule has 3 aromatic rings. The molecule has 0 saturated carbocycles. The third-order valence-corrected chi connectivity index (χ3v) is 4.59. The van der Waals surface area contributed by atoms with Crippen LogP contribution in [0.4, 0.5) is 5.82 Å². The molecule has 3 heterocycles. The van der Waals surface area contributed by atoms with Crippen molar-refractivity contribution < 1.29 is 9.90 Å². The predicted octanol–water partition coefficient (Wildman–Crippen LogP) is 1.22. The van der Waals surface area contributed by atoms with Gasteiger partial charge in [-0.25, -0.2) is 15.0 Å². The van der Waals surface area contributed by atoms with E-state index in [4.69, 9.17) is 5.73 Å². The lowest BCUT2D eigenvalue weighted by molar-refractivity contribution is -0.137. The van der Waals surface area contributed by atoms with Crippen LogP contribution in [0.2, 0.25) is 0 Å². The van der Waals surface area contributed by atoms with E-state index >= 15 is 0 Å². The van der Waals surface area contributed by atoms with E-state index in [9.17, 15) is 9.90 Å². The number of nitrogens with zero attached hydrogens (tertiary/aromatic N) is 4. The van der Waals surface area contributed by atoms with Gasteiger partial charge in [0, 0.05) is 31.1 Å². The highest BCUT2D eigenvalue weighted by Crippen LogP contribution is 2.24. The van der Waals surface area contributed by atoms with Crippen molar-refractivity contribution in [2.75, 3.05) is 19.3 Å². The van der Waals surface area contributed by atoms with E-state index in [2.05, 4.69) is 26.8 Å². The number of carbonyl (C=O) groups excluding carboxylic acids is 1. The highest BCUT2D eigenvalue weighted by atomic mass is 16.3. The molecule has 27 heavy (non-hydrogen) atoms. The summed E-state index contributed by atoms with van der Waals surface area (Å²) in [5, 5.41) is 10.4. The Bertz CT molecular complexity index is 1120. The minimum Gasteiger partial charge on any atom is -0.382 e. The number of hydrogen-bond acceptors (Lipinski definition) is 6. The number of likely N-dealkylation sites (N-methyl/N-ethyl adjacent to an activating group) is 1. The molecule has 3 N–H and O–H groups in total. The van der Waals surface area contributed by atoms with E-state index in [1.165, 1.54) is 11.2 Å². The Morgan fingerprint density at radius 1 is 1.26 bits per heavy atom. The number of nitrogen functional groups attached to an aromatic ring is 1. The van der Waals surface area contributed by atoms with E-state index in [0.717, 1.165) is 5.56 Å². The number of benzene rings is 1. The molecule has 1 fully saturated rings. The standard InChI is InChI=1S/C20H17N5O2/c1-25-10-9-20(27,19(25)26)8-7-13-3-2-4-14(11-13)15-5-6-16-17(24-15)18(21)23-12-22-16/h2-6,11-12,27H,9-10H2,1H3,(H2,21,22,23)/t20-/m0/s1. The van der Waals surface area contributed by atoms with Gasteiger partial charge in [-0.1, -0.05) is 24.0 Å². The highest BCUT2D eigenvalue weighted by Gasteiger charge is 2.42. The molecule has 4 rings (SSSR count). The van der Waals surface area contributed by atoms with Crippen LogP contribution in [-0.2, 0) is 4.79 Å². The second kappa shape index (κ2) is 6.34. The maximum atomic E-state index is 12.0. The first-order valence-electron chi connectivity index (χ1n) is 8.45. The van der Waals surface area contributed by atoms with Gasteiger partial charge in [-0.2, -0.15) is 0 Å². The van der Waals surface area contributed by atoms with Gasteiger partial charge in [0.2, 0.25) is 5.60 Å². The molecule has 0 radical (unpaired) electrons. The summed E-state index contributed by atoms with van der Waals surface area (Å²) in [6.45, 7) is 0.495. The second-order valence-electron chi connectivity index (χ2n) is 6.49. The van der Waals surface area contributed by atoms with E-state index in [1.54, 1.807) is 7.05 Å². The van der Waals surface area contributed by atoms with Crippen molar-refractivity contribution in [3.63, 3.8) is 0 Å². The van der Waals surface area contributed by atoms with Crippen LogP contribution in [0.3, 0.4) is 0 Å². The summed E-state index contributed by atoms with van der Waals surface area (Å²) in [5.41, 5.74) is 7.73. The number of hydrogen-bond donors (Lipinski definition) is 2. The van der Waals surface area contributed by atoms with Crippen LogP contribution in [0.1, 0.15) is 12.0 Å². The van der Waals surface area contributed by atoms with Gasteiger partial charge in [0.05, 0.1) is 11.2 Å². The fourth-order valence-electron chi connectivity index (χ4n) is 3.02. The lowest BCUT2D eigenvalue weighted by Crippen LogP contribution is -2.37. The molecule has 1 amide bonds. The van der Waals surface area contributed by atoms with Gasteiger partial charge in [-0.3, -0.25) is 4.79 Å². The maximum absolute atomic E-state index is 12.0. The van der Waals surface area contributed by atoms with Crippen LogP contribution in [0, 0.1) is 11.8 Å². The largest absolute Gasteiger partial charge is 0.382 e. The number of carbonyl (C=O) groups is 1. The molecule has 0 spiro atoms. The lowest BCUT2D eigenvalue weighted by atomic mass is 10.0. The Balaban J connectivity index is 1.69. The number of aliphatic hydroxyl groups is 1. The minimum absolute atomic E-state index is 0.306. The Hall–Kier alpha value is -3.50. The summed E-state index contributed by atoms with van der Waals surface area (Å²) in [6, 6.07) is 11.1. The van der Waals surface area contributed by atoms with Crippen LogP contribution >= 0.6 is 0 Å². The summed E-state index contributed by atoms with van der Waals surface area (Å²) in [6.07, 6.45) is 1.71. The molecule has 7 heteroatoms. The van der Waals surface area contributed by atoms with E-state index in [1.807, 2.05) is 36.4 Å². The first-order valence-corrected chi connectivity index (χ1v) is 8.45. The number of fused-ring (bicyclic) bond motifs is 1. The quantitative estimate of drug-likeness (QED) is 0.633. The molecular formula is C20H17N5O2. The van der Waals surface area contributed by atoms with Crippen LogP contribution in [-0.4, -0.2) is 50.1 Å². The van der Waals surface area contributed by atoms with E-state index in [-0.39, 0.29) is 5.91 Å². The van der Waals surface area contributed by atoms with Gasteiger partial charge in [0.15, 0.2) is 5.82 Å². The molecule has 0 aliphatic carbocycles. The fraction of sp³-hybridized carbons (Fsp3) is 0.200. The topological polar surface area (TPSA) is 105 Å². The number of aromatic nitrogens is 3. The third kappa shape index (κ3) is 3.07. The summed E-state index contributed by atoms with van der Waals surface area (Å²) >= 11 is 0. The molecule has 0 unspecified atom stereocenters. The van der Waals surface area contributed by atoms with Gasteiger partial charge in [0.1, 0.15) is 11.8 Å². The molecule has 1 aliphatic rings. The smallest absolute Gasteiger partial charge is 0.267 e. The van der Waals surface area contributed by atoms with Crippen molar-refractivity contribution in [3.8, 4) is 23.1 Å². The van der Waals surface area contributed by atoms with Crippen molar-refractivity contribution >= 4 is 22.8 Å². The molecule has 1 aliphatic heterocycles. The summed E-state index contributed by atoms with van der Waals surface area (Å²) in [4.78, 5) is 26.2. The van der Waals surface area contributed by atoms with Crippen molar-refractivity contribution in [2.45, 2.75) is 12.0 Å². The first-order chi connectivity index (χ1) is 13.0. The number of amides is 1. The van der Waals surface area contributed by atoms with Gasteiger partial charge in [0.25, 0.3) is 5.91 Å². The molecule has 2 aromatic heterocycles. The lowest BCUT2D eigenvalue weighted by Gasteiger charge is -2.13. The zero-order valence-electron chi connectivity index (χ0n) is 14.7. The fourth-order valence-corrected chi connectivity index (χ4v) is 3.02. The van der Waals surface area contributed by atoms with Crippen molar-refractivity contribution in [2.24, 2.45) is 0 Å². The highest BCUT2D eigenvalue weighted by molar-refractivity contribution is 5.90. The Labute approximate surface area is 155 Å². The molecule has 134 valence electrons. The third-order valence-electron chi connectivity index (χ3n) is 4.59. The SMILES string of the molecule is CN1CC[C@@](O)(C#Cc2cccc(-c3ccc4ncnc(N)c4n3)c2)C1=O. The van der Waals surface area contributed by atoms with E-state index in [0.29, 0.717) is 41.1 Å².